The van der Waals surface area contributed by atoms with Crippen molar-refractivity contribution in [1.29, 1.82) is 0 Å². The molecule has 4 heteroatoms. The monoisotopic (exact) mass is 272 g/mol. The van der Waals surface area contributed by atoms with Crippen molar-refractivity contribution in [2.24, 2.45) is 0 Å². The van der Waals surface area contributed by atoms with E-state index in [2.05, 4.69) is 50.5 Å². The van der Waals surface area contributed by atoms with Crippen LogP contribution in [0.25, 0.3) is 0 Å². The van der Waals surface area contributed by atoms with Crippen molar-refractivity contribution in [3.63, 3.8) is 0 Å². The van der Waals surface area contributed by atoms with E-state index in [-0.39, 0.29) is 17.6 Å². The van der Waals surface area contributed by atoms with E-state index < -0.39 is 0 Å². The van der Waals surface area contributed by atoms with E-state index in [0.717, 1.165) is 19.0 Å². The fourth-order valence-corrected chi connectivity index (χ4v) is 11.4. The van der Waals surface area contributed by atoms with Crippen molar-refractivity contribution in [3.05, 3.63) is 33.9 Å². The first kappa shape index (κ1) is 12.3. The largest absolute Gasteiger partial charge is 0.109 e. The summed E-state index contributed by atoms with van der Waals surface area (Å²) in [4.78, 5) is 3.72. The topological polar surface area (TPSA) is 0 Å². The zero-order valence-electron chi connectivity index (χ0n) is 10.3. The van der Waals surface area contributed by atoms with Crippen molar-refractivity contribution in [2.45, 2.75) is 26.2 Å². The lowest BCUT2D eigenvalue weighted by molar-refractivity contribution is 1.77. The van der Waals surface area contributed by atoms with Gasteiger partial charge < -0.3 is 0 Å². The third-order valence-corrected chi connectivity index (χ3v) is 12.6. The van der Waals surface area contributed by atoms with Gasteiger partial charge >= 0.3 is 0 Å². The molecule has 1 aliphatic rings. The number of benzene rings is 1. The van der Waals surface area contributed by atoms with Crippen molar-refractivity contribution >= 4 is 47.0 Å². The summed E-state index contributed by atoms with van der Waals surface area (Å²) in [7, 11) is 1.46. The van der Waals surface area contributed by atoms with Gasteiger partial charge in [0.1, 0.15) is 19.0 Å². The van der Waals surface area contributed by atoms with Gasteiger partial charge in [-0.2, -0.15) is 0 Å². The average molecular weight is 273 g/mol. The summed E-state index contributed by atoms with van der Waals surface area (Å²) in [6.45, 7) is 9.82. The highest BCUT2D eigenvalue weighted by Gasteiger charge is 2.23. The highest BCUT2D eigenvalue weighted by atomic mass is 28.3. The Labute approximate surface area is 107 Å². The fourth-order valence-electron chi connectivity index (χ4n) is 1.85. The lowest BCUT2D eigenvalue weighted by Crippen LogP contribution is -2.47. The highest BCUT2D eigenvalue weighted by Crippen LogP contribution is 2.13. The van der Waals surface area contributed by atoms with Crippen LogP contribution in [0.3, 0.4) is 0 Å². The van der Waals surface area contributed by atoms with Crippen molar-refractivity contribution in [3.8, 4) is 0 Å². The molecule has 0 atom stereocenters. The summed E-state index contributed by atoms with van der Waals surface area (Å²) in [5.41, 5.74) is 0. The predicted molar refractivity (Wildman–Crippen MR) is 79.2 cm³/mol. The van der Waals surface area contributed by atoms with Crippen molar-refractivity contribution < 1.29 is 0 Å². The van der Waals surface area contributed by atoms with Gasteiger partial charge in [0.25, 0.3) is 0 Å². The van der Waals surface area contributed by atoms with Gasteiger partial charge in [-0.15, -0.1) is 0 Å². The van der Waals surface area contributed by atoms with E-state index in [4.69, 9.17) is 0 Å². The van der Waals surface area contributed by atoms with E-state index in [0.29, 0.717) is 0 Å². The SMILES string of the molecule is C[Si](C)C1=C([Si](C)C)[Si]c2ccccc2[Si]1. The van der Waals surface area contributed by atoms with Crippen LogP contribution in [0.2, 0.25) is 26.2 Å². The minimum Gasteiger partial charge on any atom is -0.0994 e. The lowest BCUT2D eigenvalue weighted by Gasteiger charge is -2.25. The van der Waals surface area contributed by atoms with E-state index in [9.17, 15) is 0 Å². The number of fused-ring (bicyclic) bond motifs is 1. The Morgan fingerprint density at radius 3 is 1.44 bits per heavy atom. The standard InChI is InChI=1S/C12H16Si4/c1-15(2)11-12(16(3)4)14-10-8-6-5-7-9(10)13-11/h5-8H,1-4H3. The Morgan fingerprint density at radius 1 is 0.750 bits per heavy atom. The van der Waals surface area contributed by atoms with Crippen LogP contribution >= 0.6 is 0 Å². The maximum absolute atomic E-state index is 2.45. The molecule has 1 aromatic carbocycles. The predicted octanol–water partition coefficient (Wildman–Crippen LogP) is 1.16. The molecule has 0 fully saturated rings. The first-order chi connectivity index (χ1) is 7.59. The molecule has 80 valence electrons. The number of hydrogen-bond acceptors (Lipinski definition) is 0. The van der Waals surface area contributed by atoms with Crippen LogP contribution in [0.1, 0.15) is 0 Å². The summed E-state index contributed by atoms with van der Waals surface area (Å²) in [6, 6.07) is 9.06. The van der Waals surface area contributed by atoms with Gasteiger partial charge in [-0.1, -0.05) is 70.5 Å². The Hall–Kier alpha value is -0.172. The molecule has 0 unspecified atom stereocenters. The number of hydrogen-bond donors (Lipinski definition) is 0. The van der Waals surface area contributed by atoms with Gasteiger partial charge in [0, 0.05) is 0 Å². The first-order valence-corrected chi connectivity index (χ1v) is 12.6. The minimum atomic E-state index is -0.245. The van der Waals surface area contributed by atoms with E-state index in [1.807, 2.05) is 9.64 Å². The highest BCUT2D eigenvalue weighted by molar-refractivity contribution is 6.98. The smallest absolute Gasteiger partial charge is 0.0994 e. The molecular formula is C12H16Si4. The molecule has 0 saturated heterocycles. The third kappa shape index (κ3) is 2.39. The second kappa shape index (κ2) is 4.99. The van der Waals surface area contributed by atoms with Crippen LogP contribution in [0.4, 0.5) is 0 Å². The molecule has 1 heterocycles. The van der Waals surface area contributed by atoms with Gasteiger partial charge in [0.15, 0.2) is 0 Å². The fraction of sp³-hybridized carbons (Fsp3) is 0.333. The average Bonchev–Trinajstić information content (AvgIpc) is 2.27. The molecule has 16 heavy (non-hydrogen) atoms. The Morgan fingerprint density at radius 2 is 1.12 bits per heavy atom. The molecule has 1 aliphatic heterocycles. The second-order valence-corrected chi connectivity index (χ2v) is 13.1. The van der Waals surface area contributed by atoms with Crippen LogP contribution < -0.4 is 10.4 Å². The Balaban J connectivity index is 2.41. The molecular weight excluding hydrogens is 256 g/mol. The summed E-state index contributed by atoms with van der Waals surface area (Å²) < 4.78 is 0. The van der Waals surface area contributed by atoms with Gasteiger partial charge in [0.2, 0.25) is 0 Å². The molecule has 0 amide bonds. The van der Waals surface area contributed by atoms with E-state index in [1.165, 1.54) is 0 Å². The lowest BCUT2D eigenvalue weighted by atomic mass is 10.4. The maximum Gasteiger partial charge on any atom is 0.109 e. The molecule has 1 aromatic rings. The van der Waals surface area contributed by atoms with Gasteiger partial charge in [0.05, 0.1) is 17.6 Å². The molecule has 0 saturated carbocycles. The van der Waals surface area contributed by atoms with E-state index in [1.54, 1.807) is 10.4 Å². The molecule has 2 rings (SSSR count). The summed E-state index contributed by atoms with van der Waals surface area (Å²) >= 11 is 0. The Bertz CT molecular complexity index is 382. The second-order valence-electron chi connectivity index (χ2n) is 4.55. The maximum atomic E-state index is 2.45. The van der Waals surface area contributed by atoms with Crippen molar-refractivity contribution in [1.82, 2.24) is 0 Å². The summed E-state index contributed by atoms with van der Waals surface area (Å²) in [5.74, 6) is 0. The molecule has 0 nitrogen and oxygen atoms in total. The summed E-state index contributed by atoms with van der Waals surface area (Å²) in [6.07, 6.45) is 0. The third-order valence-electron chi connectivity index (χ3n) is 2.70. The molecule has 0 N–H and O–H groups in total. The molecule has 0 spiro atoms. The molecule has 0 aliphatic carbocycles. The number of rotatable bonds is 2. The zero-order chi connectivity index (χ0) is 11.7. The summed E-state index contributed by atoms with van der Waals surface area (Å²) in [5, 5.41) is 3.24. The minimum absolute atomic E-state index is 0.245. The normalized spacial score (nSPS) is 15.9. The van der Waals surface area contributed by atoms with Gasteiger partial charge in [-0.3, -0.25) is 0 Å². The zero-order valence-corrected chi connectivity index (χ0v) is 14.3. The van der Waals surface area contributed by atoms with E-state index >= 15 is 0 Å². The van der Waals surface area contributed by atoms with Crippen LogP contribution in [0.5, 0.6) is 0 Å². The molecule has 0 aromatic heterocycles. The van der Waals surface area contributed by atoms with Gasteiger partial charge in [-0.05, 0) is 0 Å². The van der Waals surface area contributed by atoms with Crippen LogP contribution in [0, 0.1) is 0 Å². The van der Waals surface area contributed by atoms with Crippen LogP contribution in [-0.4, -0.2) is 36.6 Å². The van der Waals surface area contributed by atoms with Crippen LogP contribution in [-0.2, 0) is 0 Å². The molecule has 0 bridgehead atoms. The molecule has 6 radical (unpaired) electrons. The Kier molecular flexibility index (Phi) is 3.84. The quantitative estimate of drug-likeness (QED) is 0.709. The van der Waals surface area contributed by atoms with Crippen LogP contribution in [0.15, 0.2) is 33.9 Å². The van der Waals surface area contributed by atoms with Gasteiger partial charge in [-0.25, -0.2) is 0 Å². The first-order valence-electron chi connectivity index (χ1n) is 5.58. The van der Waals surface area contributed by atoms with Crippen molar-refractivity contribution in [2.75, 3.05) is 0 Å².